The fourth-order valence-corrected chi connectivity index (χ4v) is 3.05. The van der Waals surface area contributed by atoms with E-state index in [1.54, 1.807) is 7.11 Å². The van der Waals surface area contributed by atoms with Crippen LogP contribution in [0.5, 0.6) is 11.5 Å². The van der Waals surface area contributed by atoms with Gasteiger partial charge in [0.05, 0.1) is 7.11 Å². The highest BCUT2D eigenvalue weighted by Gasteiger charge is 2.29. The molecule has 7 heteroatoms. The summed E-state index contributed by atoms with van der Waals surface area (Å²) in [5, 5.41) is 2.96. The number of nitrogens with one attached hydrogen (secondary N) is 1. The van der Waals surface area contributed by atoms with Crippen LogP contribution in [0.25, 0.3) is 0 Å². The first-order valence-electron chi connectivity index (χ1n) is 10.5. The lowest BCUT2D eigenvalue weighted by Crippen LogP contribution is -2.51. The second kappa shape index (κ2) is 11.9. The minimum Gasteiger partial charge on any atom is -0.497 e. The van der Waals surface area contributed by atoms with Crippen molar-refractivity contribution >= 4 is 11.8 Å². The third-order valence-corrected chi connectivity index (χ3v) is 5.07. The summed E-state index contributed by atoms with van der Waals surface area (Å²) < 4.78 is 23.8. The number of carbonyl (C=O) groups is 2. The Morgan fingerprint density at radius 1 is 1.00 bits per heavy atom. The van der Waals surface area contributed by atoms with Gasteiger partial charge in [0.2, 0.25) is 5.91 Å². The summed E-state index contributed by atoms with van der Waals surface area (Å²) in [5.41, 5.74) is 0.866. The van der Waals surface area contributed by atoms with Crippen molar-refractivity contribution < 1.29 is 23.5 Å². The Kier molecular flexibility index (Phi) is 9.31. The van der Waals surface area contributed by atoms with Gasteiger partial charge >= 0.3 is 0 Å². The molecule has 2 unspecified atom stereocenters. The van der Waals surface area contributed by atoms with E-state index in [-0.39, 0.29) is 36.8 Å². The molecule has 2 amide bonds. The van der Waals surface area contributed by atoms with E-state index in [0.29, 0.717) is 17.9 Å². The molecule has 0 saturated heterocycles. The van der Waals surface area contributed by atoms with E-state index >= 15 is 0 Å². The van der Waals surface area contributed by atoms with Crippen molar-refractivity contribution in [1.29, 1.82) is 0 Å². The van der Waals surface area contributed by atoms with E-state index in [2.05, 4.69) is 5.32 Å². The molecule has 0 spiro atoms. The lowest BCUT2D eigenvalue weighted by Gasteiger charge is -2.31. The molecule has 1 N–H and O–H groups in total. The van der Waals surface area contributed by atoms with E-state index in [1.807, 2.05) is 45.0 Å². The van der Waals surface area contributed by atoms with Crippen LogP contribution in [0.3, 0.4) is 0 Å². The second-order valence-corrected chi connectivity index (χ2v) is 7.35. The smallest absolute Gasteiger partial charge is 0.261 e. The zero-order valence-corrected chi connectivity index (χ0v) is 18.6. The number of carbonyl (C=O) groups excluding carboxylic acids is 2. The lowest BCUT2D eigenvalue weighted by atomic mass is 10.1. The summed E-state index contributed by atoms with van der Waals surface area (Å²) in [6, 6.07) is 12.2. The van der Waals surface area contributed by atoms with Crippen LogP contribution in [0.15, 0.2) is 48.5 Å². The van der Waals surface area contributed by atoms with E-state index < -0.39 is 6.04 Å². The quantitative estimate of drug-likeness (QED) is 0.586. The normalized spacial score (nSPS) is 12.5. The predicted octanol–water partition coefficient (Wildman–Crippen LogP) is 3.94. The van der Waals surface area contributed by atoms with Gasteiger partial charge in [0.25, 0.3) is 5.91 Å². The van der Waals surface area contributed by atoms with Crippen molar-refractivity contribution in [3.05, 3.63) is 59.9 Å². The minimum atomic E-state index is -0.639. The van der Waals surface area contributed by atoms with Crippen LogP contribution in [-0.4, -0.2) is 42.5 Å². The highest BCUT2D eigenvalue weighted by atomic mass is 19.1. The molecule has 0 fully saturated rings. The Morgan fingerprint density at radius 3 is 2.16 bits per heavy atom. The number of hydrogen-bond donors (Lipinski definition) is 1. The second-order valence-electron chi connectivity index (χ2n) is 7.35. The molecule has 0 aliphatic heterocycles. The van der Waals surface area contributed by atoms with E-state index in [0.717, 1.165) is 12.0 Å². The molecule has 2 aromatic carbocycles. The summed E-state index contributed by atoms with van der Waals surface area (Å²) in [7, 11) is 1.59. The molecular weight excluding hydrogens is 399 g/mol. The average Bonchev–Trinajstić information content (AvgIpc) is 2.78. The first-order valence-corrected chi connectivity index (χ1v) is 10.5. The molecule has 2 rings (SSSR count). The van der Waals surface area contributed by atoms with Crippen molar-refractivity contribution in [3.8, 4) is 11.5 Å². The van der Waals surface area contributed by atoms with E-state index in [9.17, 15) is 14.0 Å². The molecule has 168 valence electrons. The SMILES string of the molecule is CCC(C)NC(=O)C(CC)N(Cc1ccc(OC)cc1)C(=O)COc1ccc(F)cc1. The molecule has 0 aliphatic rings. The molecule has 0 saturated carbocycles. The van der Waals surface area contributed by atoms with Gasteiger partial charge < -0.3 is 19.7 Å². The highest BCUT2D eigenvalue weighted by Crippen LogP contribution is 2.17. The van der Waals surface area contributed by atoms with Gasteiger partial charge in [-0.25, -0.2) is 4.39 Å². The largest absolute Gasteiger partial charge is 0.497 e. The first kappa shape index (κ1) is 24.2. The number of nitrogens with zero attached hydrogens (tertiary/aromatic N) is 1. The lowest BCUT2D eigenvalue weighted by molar-refractivity contribution is -0.143. The number of ether oxygens (including phenoxy) is 2. The number of rotatable bonds is 11. The molecule has 0 aliphatic carbocycles. The summed E-state index contributed by atoms with van der Waals surface area (Å²) in [6.07, 6.45) is 1.25. The van der Waals surface area contributed by atoms with Crippen LogP contribution in [0.4, 0.5) is 4.39 Å². The van der Waals surface area contributed by atoms with Crippen molar-refractivity contribution in [2.24, 2.45) is 0 Å². The van der Waals surface area contributed by atoms with Crippen molar-refractivity contribution in [2.75, 3.05) is 13.7 Å². The Bertz CT molecular complexity index is 840. The summed E-state index contributed by atoms with van der Waals surface area (Å²) in [6.45, 7) is 5.79. The molecule has 0 aromatic heterocycles. The number of hydrogen-bond acceptors (Lipinski definition) is 4. The van der Waals surface area contributed by atoms with Gasteiger partial charge in [-0.2, -0.15) is 0 Å². The Labute approximate surface area is 183 Å². The maximum Gasteiger partial charge on any atom is 0.261 e. The van der Waals surface area contributed by atoms with Crippen molar-refractivity contribution in [2.45, 2.75) is 52.2 Å². The van der Waals surface area contributed by atoms with E-state index in [1.165, 1.54) is 29.2 Å². The van der Waals surface area contributed by atoms with Crippen LogP contribution in [0, 0.1) is 5.82 Å². The molecule has 0 radical (unpaired) electrons. The minimum absolute atomic E-state index is 0.00922. The summed E-state index contributed by atoms with van der Waals surface area (Å²) in [5.74, 6) is 0.193. The van der Waals surface area contributed by atoms with Crippen molar-refractivity contribution in [3.63, 3.8) is 0 Å². The maximum absolute atomic E-state index is 13.1. The monoisotopic (exact) mass is 430 g/mol. The maximum atomic E-state index is 13.1. The molecule has 2 aromatic rings. The Morgan fingerprint density at radius 2 is 1.61 bits per heavy atom. The third kappa shape index (κ3) is 7.27. The fraction of sp³-hybridized carbons (Fsp3) is 0.417. The van der Waals surface area contributed by atoms with Crippen molar-refractivity contribution in [1.82, 2.24) is 10.2 Å². The number of halogens is 1. The van der Waals surface area contributed by atoms with Gasteiger partial charge in [-0.1, -0.05) is 26.0 Å². The zero-order valence-electron chi connectivity index (χ0n) is 18.6. The van der Waals surface area contributed by atoms with Gasteiger partial charge in [-0.3, -0.25) is 9.59 Å². The van der Waals surface area contributed by atoms with Gasteiger partial charge in [0, 0.05) is 12.6 Å². The van der Waals surface area contributed by atoms with E-state index in [4.69, 9.17) is 9.47 Å². The first-order chi connectivity index (χ1) is 14.9. The molecular formula is C24H31FN2O4. The number of benzene rings is 2. The predicted molar refractivity (Wildman–Crippen MR) is 117 cm³/mol. The molecule has 31 heavy (non-hydrogen) atoms. The molecule has 2 atom stereocenters. The highest BCUT2D eigenvalue weighted by molar-refractivity contribution is 5.88. The van der Waals surface area contributed by atoms with Gasteiger partial charge in [0.15, 0.2) is 6.61 Å². The zero-order chi connectivity index (χ0) is 22.8. The van der Waals surface area contributed by atoms with Crippen LogP contribution in [0.1, 0.15) is 39.2 Å². The van der Waals surface area contributed by atoms with Gasteiger partial charge in [0.1, 0.15) is 23.4 Å². The fourth-order valence-electron chi connectivity index (χ4n) is 3.05. The summed E-state index contributed by atoms with van der Waals surface area (Å²) in [4.78, 5) is 27.5. The third-order valence-electron chi connectivity index (χ3n) is 5.07. The van der Waals surface area contributed by atoms with Crippen LogP contribution >= 0.6 is 0 Å². The molecule has 6 nitrogen and oxygen atoms in total. The number of amides is 2. The van der Waals surface area contributed by atoms with Gasteiger partial charge in [-0.15, -0.1) is 0 Å². The Hall–Kier alpha value is -3.09. The van der Waals surface area contributed by atoms with Crippen LogP contribution < -0.4 is 14.8 Å². The van der Waals surface area contributed by atoms with Crippen LogP contribution in [-0.2, 0) is 16.1 Å². The topological polar surface area (TPSA) is 67.9 Å². The van der Waals surface area contributed by atoms with Crippen LogP contribution in [0.2, 0.25) is 0 Å². The number of methoxy groups -OCH3 is 1. The molecule has 0 heterocycles. The average molecular weight is 431 g/mol. The Balaban J connectivity index is 2.20. The molecule has 0 bridgehead atoms. The van der Waals surface area contributed by atoms with Gasteiger partial charge in [-0.05, 0) is 61.7 Å². The standard InChI is InChI=1S/C24H31FN2O4/c1-5-17(3)26-24(29)22(6-2)27(15-18-7-11-20(30-4)12-8-18)23(28)16-31-21-13-9-19(25)10-14-21/h7-14,17,22H,5-6,15-16H2,1-4H3,(H,26,29). The summed E-state index contributed by atoms with van der Waals surface area (Å²) >= 11 is 0.